The van der Waals surface area contributed by atoms with Crippen molar-refractivity contribution in [3.05, 3.63) is 67.6 Å². The van der Waals surface area contributed by atoms with Crippen molar-refractivity contribution in [1.29, 1.82) is 0 Å². The highest BCUT2D eigenvalue weighted by atomic mass is 79.9. The van der Waals surface area contributed by atoms with E-state index in [1.54, 1.807) is 30.3 Å². The van der Waals surface area contributed by atoms with Gasteiger partial charge in [-0.1, -0.05) is 57.3 Å². The fourth-order valence-corrected chi connectivity index (χ4v) is 2.33. The third-order valence-corrected chi connectivity index (χ3v) is 4.30. The van der Waals surface area contributed by atoms with E-state index in [1.165, 1.54) is 0 Å². The van der Waals surface area contributed by atoms with Gasteiger partial charge in [-0.15, -0.1) is 0 Å². The molecule has 92 valence electrons. The summed E-state index contributed by atoms with van der Waals surface area (Å²) in [5.41, 5.74) is 2.07. The van der Waals surface area contributed by atoms with Gasteiger partial charge in [-0.3, -0.25) is 4.79 Å². The van der Waals surface area contributed by atoms with Crippen LogP contribution in [0.2, 0.25) is 10.0 Å². The van der Waals surface area contributed by atoms with Gasteiger partial charge in [-0.2, -0.15) is 0 Å². The third-order valence-electron chi connectivity index (χ3n) is 2.63. The number of rotatable bonds is 2. The molecule has 0 saturated heterocycles. The maximum Gasteiger partial charge on any atom is 0.194 e. The SMILES string of the molecule is Cc1ccc(C(=O)c2cccc(Cl)c2Cl)cc1Br. The predicted octanol–water partition coefficient (Wildman–Crippen LogP) is 5.30. The average Bonchev–Trinajstić information content (AvgIpc) is 2.35. The van der Waals surface area contributed by atoms with Crippen molar-refractivity contribution >= 4 is 44.9 Å². The molecule has 0 atom stereocenters. The lowest BCUT2D eigenvalue weighted by Gasteiger charge is -2.06. The summed E-state index contributed by atoms with van der Waals surface area (Å²) in [4.78, 5) is 12.3. The molecule has 0 amide bonds. The van der Waals surface area contributed by atoms with Crippen LogP contribution in [0, 0.1) is 6.92 Å². The fourth-order valence-electron chi connectivity index (χ4n) is 1.57. The highest BCUT2D eigenvalue weighted by molar-refractivity contribution is 9.10. The Balaban J connectivity index is 2.48. The molecule has 0 radical (unpaired) electrons. The molecular formula is C14H9BrCl2O. The molecule has 1 nitrogen and oxygen atoms in total. The van der Waals surface area contributed by atoms with Gasteiger partial charge in [0.05, 0.1) is 10.0 Å². The second kappa shape index (κ2) is 5.43. The molecule has 0 aliphatic carbocycles. The molecule has 4 heteroatoms. The fraction of sp³-hybridized carbons (Fsp3) is 0.0714. The van der Waals surface area contributed by atoms with Crippen molar-refractivity contribution in [3.8, 4) is 0 Å². The summed E-state index contributed by atoms with van der Waals surface area (Å²) in [7, 11) is 0. The lowest BCUT2D eigenvalue weighted by molar-refractivity contribution is 0.103. The molecule has 0 unspecified atom stereocenters. The van der Waals surface area contributed by atoms with E-state index in [1.807, 2.05) is 13.0 Å². The van der Waals surface area contributed by atoms with Gasteiger partial charge in [-0.05, 0) is 30.7 Å². The highest BCUT2D eigenvalue weighted by Gasteiger charge is 2.15. The molecule has 0 N–H and O–H groups in total. The van der Waals surface area contributed by atoms with E-state index < -0.39 is 0 Å². The predicted molar refractivity (Wildman–Crippen MR) is 78.8 cm³/mol. The van der Waals surface area contributed by atoms with Gasteiger partial charge in [0.1, 0.15) is 0 Å². The Morgan fingerprint density at radius 1 is 1.17 bits per heavy atom. The van der Waals surface area contributed by atoms with Crippen LogP contribution >= 0.6 is 39.1 Å². The second-order valence-electron chi connectivity index (χ2n) is 3.89. The van der Waals surface area contributed by atoms with E-state index in [0.29, 0.717) is 21.2 Å². The summed E-state index contributed by atoms with van der Waals surface area (Å²) in [5.74, 6) is -0.136. The van der Waals surface area contributed by atoms with E-state index in [-0.39, 0.29) is 5.78 Å². The first kappa shape index (κ1) is 13.6. The summed E-state index contributed by atoms with van der Waals surface area (Å²) in [6.45, 7) is 1.96. The van der Waals surface area contributed by atoms with Crippen LogP contribution in [0.1, 0.15) is 21.5 Å². The number of benzene rings is 2. The van der Waals surface area contributed by atoms with Crippen LogP contribution in [-0.2, 0) is 0 Å². The Labute approximate surface area is 124 Å². The lowest BCUT2D eigenvalue weighted by atomic mass is 10.0. The molecule has 0 saturated carbocycles. The Kier molecular flexibility index (Phi) is 4.10. The van der Waals surface area contributed by atoms with Crippen molar-refractivity contribution in [2.45, 2.75) is 6.92 Å². The molecule has 2 aromatic carbocycles. The maximum atomic E-state index is 12.3. The zero-order chi connectivity index (χ0) is 13.3. The van der Waals surface area contributed by atoms with Crippen molar-refractivity contribution in [2.24, 2.45) is 0 Å². The van der Waals surface area contributed by atoms with Gasteiger partial charge in [0.25, 0.3) is 0 Å². The van der Waals surface area contributed by atoms with Gasteiger partial charge >= 0.3 is 0 Å². The van der Waals surface area contributed by atoms with Crippen LogP contribution in [0.5, 0.6) is 0 Å². The first-order valence-corrected chi connectivity index (χ1v) is 6.80. The first-order valence-electron chi connectivity index (χ1n) is 5.25. The van der Waals surface area contributed by atoms with E-state index >= 15 is 0 Å². The standard InChI is InChI=1S/C14H9BrCl2O/c1-8-5-6-9(7-11(8)15)14(18)10-3-2-4-12(16)13(10)17/h2-7H,1H3. The number of halogens is 3. The Bertz CT molecular complexity index is 623. The van der Waals surface area contributed by atoms with Crippen molar-refractivity contribution in [2.75, 3.05) is 0 Å². The van der Waals surface area contributed by atoms with Crippen LogP contribution in [0.3, 0.4) is 0 Å². The van der Waals surface area contributed by atoms with Crippen molar-refractivity contribution in [1.82, 2.24) is 0 Å². The van der Waals surface area contributed by atoms with E-state index in [4.69, 9.17) is 23.2 Å². The highest BCUT2D eigenvalue weighted by Crippen LogP contribution is 2.28. The van der Waals surface area contributed by atoms with Crippen LogP contribution in [0.4, 0.5) is 0 Å². The third kappa shape index (κ3) is 2.61. The summed E-state index contributed by atoms with van der Waals surface area (Å²) in [6.07, 6.45) is 0. The summed E-state index contributed by atoms with van der Waals surface area (Å²) >= 11 is 15.4. The molecule has 0 aromatic heterocycles. The van der Waals surface area contributed by atoms with Gasteiger partial charge in [-0.25, -0.2) is 0 Å². The number of ketones is 1. The van der Waals surface area contributed by atoms with E-state index in [2.05, 4.69) is 15.9 Å². The van der Waals surface area contributed by atoms with Gasteiger partial charge in [0.15, 0.2) is 5.78 Å². The van der Waals surface area contributed by atoms with Gasteiger partial charge < -0.3 is 0 Å². The Hall–Kier alpha value is -0.830. The van der Waals surface area contributed by atoms with E-state index in [9.17, 15) is 4.79 Å². The molecule has 18 heavy (non-hydrogen) atoms. The number of aryl methyl sites for hydroxylation is 1. The number of hydrogen-bond acceptors (Lipinski definition) is 1. The maximum absolute atomic E-state index is 12.3. The summed E-state index contributed by atoms with van der Waals surface area (Å²) < 4.78 is 0.895. The Morgan fingerprint density at radius 2 is 1.89 bits per heavy atom. The molecule has 0 bridgehead atoms. The van der Waals surface area contributed by atoms with Crippen molar-refractivity contribution in [3.63, 3.8) is 0 Å². The summed E-state index contributed by atoms with van der Waals surface area (Å²) in [6, 6.07) is 10.5. The normalized spacial score (nSPS) is 10.4. The number of carbonyl (C=O) groups is 1. The van der Waals surface area contributed by atoms with Crippen LogP contribution in [0.15, 0.2) is 40.9 Å². The molecule has 0 aliphatic rings. The smallest absolute Gasteiger partial charge is 0.194 e. The molecule has 0 heterocycles. The largest absolute Gasteiger partial charge is 0.289 e. The number of hydrogen-bond donors (Lipinski definition) is 0. The van der Waals surface area contributed by atoms with E-state index in [0.717, 1.165) is 10.0 Å². The van der Waals surface area contributed by atoms with Crippen LogP contribution in [0.25, 0.3) is 0 Å². The van der Waals surface area contributed by atoms with Crippen LogP contribution < -0.4 is 0 Å². The molecule has 0 aliphatic heterocycles. The zero-order valence-corrected chi connectivity index (χ0v) is 12.6. The second-order valence-corrected chi connectivity index (χ2v) is 5.53. The monoisotopic (exact) mass is 342 g/mol. The molecular weight excluding hydrogens is 335 g/mol. The van der Waals surface area contributed by atoms with Crippen molar-refractivity contribution < 1.29 is 4.79 Å². The average molecular weight is 344 g/mol. The molecule has 2 aromatic rings. The minimum Gasteiger partial charge on any atom is -0.289 e. The topological polar surface area (TPSA) is 17.1 Å². The number of carbonyl (C=O) groups excluding carboxylic acids is 1. The van der Waals surface area contributed by atoms with Gasteiger partial charge in [0.2, 0.25) is 0 Å². The summed E-state index contributed by atoms with van der Waals surface area (Å²) in [5, 5.41) is 0.676. The molecule has 2 rings (SSSR count). The lowest BCUT2D eigenvalue weighted by Crippen LogP contribution is -2.02. The minimum atomic E-state index is -0.136. The minimum absolute atomic E-state index is 0.136. The zero-order valence-electron chi connectivity index (χ0n) is 9.51. The Morgan fingerprint density at radius 3 is 2.56 bits per heavy atom. The van der Waals surface area contributed by atoms with Crippen LogP contribution in [-0.4, -0.2) is 5.78 Å². The molecule has 0 spiro atoms. The first-order chi connectivity index (χ1) is 8.50. The molecule has 0 fully saturated rings. The van der Waals surface area contributed by atoms with Gasteiger partial charge in [0, 0.05) is 15.6 Å². The quantitative estimate of drug-likeness (QED) is 0.676.